The first-order chi connectivity index (χ1) is 9.28. The maximum atomic E-state index is 12.5. The molecule has 0 aliphatic carbocycles. The Bertz CT molecular complexity index is 575. The third kappa shape index (κ3) is 4.16. The number of esters is 1. The molecule has 6 nitrogen and oxygen atoms in total. The van der Waals surface area contributed by atoms with E-state index >= 15 is 0 Å². The maximum absolute atomic E-state index is 12.5. The molecule has 8 heteroatoms. The van der Waals surface area contributed by atoms with Crippen molar-refractivity contribution in [3.05, 3.63) is 23.5 Å². The van der Waals surface area contributed by atoms with E-state index in [1.54, 1.807) is 20.8 Å². The highest BCUT2D eigenvalue weighted by molar-refractivity contribution is 7.89. The van der Waals surface area contributed by atoms with Crippen LogP contribution in [0, 0.1) is 0 Å². The summed E-state index contributed by atoms with van der Waals surface area (Å²) in [5.74, 6) is -0.593. The van der Waals surface area contributed by atoms with E-state index in [0.29, 0.717) is 0 Å². The average Bonchev–Trinajstić information content (AvgIpc) is 2.35. The van der Waals surface area contributed by atoms with Crippen LogP contribution in [0.5, 0.6) is 0 Å². The molecule has 0 bridgehead atoms. The molecular formula is C12H17ClN2O4S. The molecule has 1 heterocycles. The van der Waals surface area contributed by atoms with E-state index in [0.717, 1.165) is 4.31 Å². The molecule has 0 aliphatic rings. The van der Waals surface area contributed by atoms with Crippen molar-refractivity contribution < 1.29 is 17.9 Å². The molecule has 0 saturated carbocycles. The number of aromatic nitrogens is 1. The Labute approximate surface area is 123 Å². The van der Waals surface area contributed by atoms with Crippen molar-refractivity contribution in [1.82, 2.24) is 9.29 Å². The largest absolute Gasteiger partial charge is 0.465 e. The normalized spacial score (nSPS) is 11.9. The van der Waals surface area contributed by atoms with E-state index in [1.165, 1.54) is 18.3 Å². The fourth-order valence-corrected chi connectivity index (χ4v) is 3.39. The van der Waals surface area contributed by atoms with Gasteiger partial charge in [-0.1, -0.05) is 11.6 Å². The van der Waals surface area contributed by atoms with Crippen molar-refractivity contribution in [2.24, 2.45) is 0 Å². The lowest BCUT2D eigenvalue weighted by Gasteiger charge is -2.24. The van der Waals surface area contributed by atoms with Crippen molar-refractivity contribution in [2.75, 3.05) is 13.2 Å². The average molecular weight is 321 g/mol. The number of rotatable bonds is 6. The van der Waals surface area contributed by atoms with Crippen LogP contribution < -0.4 is 0 Å². The molecule has 0 aromatic carbocycles. The van der Waals surface area contributed by atoms with Crippen LogP contribution >= 0.6 is 11.6 Å². The van der Waals surface area contributed by atoms with Gasteiger partial charge in [-0.05, 0) is 32.9 Å². The van der Waals surface area contributed by atoms with E-state index in [9.17, 15) is 13.2 Å². The lowest BCUT2D eigenvalue weighted by molar-refractivity contribution is -0.143. The molecule has 0 N–H and O–H groups in total. The Balaban J connectivity index is 3.10. The SMILES string of the molecule is CCOC(=O)CN(C(C)C)S(=O)(=O)c1ccnc(Cl)c1. The van der Waals surface area contributed by atoms with E-state index in [1.807, 2.05) is 0 Å². The monoisotopic (exact) mass is 320 g/mol. The highest BCUT2D eigenvalue weighted by atomic mass is 35.5. The maximum Gasteiger partial charge on any atom is 0.321 e. The minimum atomic E-state index is -3.83. The Morgan fingerprint density at radius 2 is 2.15 bits per heavy atom. The molecule has 0 aliphatic heterocycles. The molecule has 1 rings (SSSR count). The zero-order valence-electron chi connectivity index (χ0n) is 11.5. The van der Waals surface area contributed by atoms with E-state index in [2.05, 4.69) is 4.98 Å². The third-order valence-corrected chi connectivity index (χ3v) is 4.70. The van der Waals surface area contributed by atoms with Gasteiger partial charge in [0.1, 0.15) is 11.7 Å². The van der Waals surface area contributed by atoms with Gasteiger partial charge < -0.3 is 4.74 Å². The quantitative estimate of drug-likeness (QED) is 0.589. The lowest BCUT2D eigenvalue weighted by Crippen LogP contribution is -2.41. The number of hydrogen-bond donors (Lipinski definition) is 0. The smallest absolute Gasteiger partial charge is 0.321 e. The second-order valence-corrected chi connectivity index (χ2v) is 6.54. The van der Waals surface area contributed by atoms with Crippen molar-refractivity contribution in [2.45, 2.75) is 31.7 Å². The molecule has 0 unspecified atom stereocenters. The molecule has 0 saturated heterocycles. The van der Waals surface area contributed by atoms with Gasteiger partial charge in [0.2, 0.25) is 10.0 Å². The molecule has 20 heavy (non-hydrogen) atoms. The van der Waals surface area contributed by atoms with Gasteiger partial charge in [0.25, 0.3) is 0 Å². The van der Waals surface area contributed by atoms with E-state index < -0.39 is 22.0 Å². The van der Waals surface area contributed by atoms with Gasteiger partial charge in [-0.15, -0.1) is 0 Å². The number of nitrogens with zero attached hydrogens (tertiary/aromatic N) is 2. The molecule has 112 valence electrons. The number of carbonyl (C=O) groups is 1. The first-order valence-electron chi connectivity index (χ1n) is 6.08. The number of carbonyl (C=O) groups excluding carboxylic acids is 1. The number of pyridine rings is 1. The summed E-state index contributed by atoms with van der Waals surface area (Å²) in [6.45, 7) is 4.88. The van der Waals surface area contributed by atoms with Crippen LogP contribution in [0.25, 0.3) is 0 Å². The van der Waals surface area contributed by atoms with Crippen molar-refractivity contribution in [3.63, 3.8) is 0 Å². The molecule has 1 aromatic rings. The predicted molar refractivity (Wildman–Crippen MR) is 74.9 cm³/mol. The molecule has 0 radical (unpaired) electrons. The minimum absolute atomic E-state index is 0.00417. The van der Waals surface area contributed by atoms with Crippen LogP contribution in [-0.2, 0) is 19.6 Å². The van der Waals surface area contributed by atoms with Crippen LogP contribution in [0.4, 0.5) is 0 Å². The summed E-state index contributed by atoms with van der Waals surface area (Å²) in [7, 11) is -3.83. The first-order valence-corrected chi connectivity index (χ1v) is 7.89. The summed E-state index contributed by atoms with van der Waals surface area (Å²) in [5.41, 5.74) is 0. The van der Waals surface area contributed by atoms with Gasteiger partial charge >= 0.3 is 5.97 Å². The Morgan fingerprint density at radius 1 is 1.50 bits per heavy atom. The highest BCUT2D eigenvalue weighted by Crippen LogP contribution is 2.20. The Kier molecular flexibility index (Phi) is 5.91. The van der Waals surface area contributed by atoms with E-state index in [4.69, 9.17) is 16.3 Å². The minimum Gasteiger partial charge on any atom is -0.465 e. The van der Waals surface area contributed by atoms with Crippen molar-refractivity contribution in [1.29, 1.82) is 0 Å². The van der Waals surface area contributed by atoms with Crippen LogP contribution in [0.1, 0.15) is 20.8 Å². The van der Waals surface area contributed by atoms with Gasteiger partial charge in [0, 0.05) is 12.2 Å². The molecule has 0 amide bonds. The van der Waals surface area contributed by atoms with Gasteiger partial charge in [0.05, 0.1) is 11.5 Å². The standard InChI is InChI=1S/C12H17ClN2O4S/c1-4-19-12(16)8-15(9(2)3)20(17,18)10-5-6-14-11(13)7-10/h5-7,9H,4,8H2,1-3H3. The summed E-state index contributed by atoms with van der Waals surface area (Å²) < 4.78 is 30.9. The first kappa shape index (κ1) is 16.9. The molecule has 0 fully saturated rings. The molecule has 0 atom stereocenters. The van der Waals surface area contributed by atoms with Gasteiger partial charge in [0.15, 0.2) is 0 Å². The highest BCUT2D eigenvalue weighted by Gasteiger charge is 2.29. The second-order valence-electron chi connectivity index (χ2n) is 4.26. The van der Waals surface area contributed by atoms with Gasteiger partial charge in [-0.2, -0.15) is 4.31 Å². The predicted octanol–water partition coefficient (Wildman–Crippen LogP) is 1.70. The van der Waals surface area contributed by atoms with Crippen LogP contribution in [0.15, 0.2) is 23.2 Å². The fraction of sp³-hybridized carbons (Fsp3) is 0.500. The molecular weight excluding hydrogens is 304 g/mol. The number of hydrogen-bond acceptors (Lipinski definition) is 5. The number of sulfonamides is 1. The van der Waals surface area contributed by atoms with Crippen LogP contribution in [0.3, 0.4) is 0 Å². The number of halogens is 1. The fourth-order valence-electron chi connectivity index (χ4n) is 1.56. The molecule has 0 spiro atoms. The van der Waals surface area contributed by atoms with Crippen molar-refractivity contribution >= 4 is 27.6 Å². The zero-order valence-corrected chi connectivity index (χ0v) is 13.1. The lowest BCUT2D eigenvalue weighted by atomic mass is 10.4. The number of ether oxygens (including phenoxy) is 1. The van der Waals surface area contributed by atoms with Crippen LogP contribution in [0.2, 0.25) is 5.15 Å². The zero-order chi connectivity index (χ0) is 15.3. The topological polar surface area (TPSA) is 76.6 Å². The Hall–Kier alpha value is -1.18. The summed E-state index contributed by atoms with van der Waals surface area (Å²) in [4.78, 5) is 15.3. The van der Waals surface area contributed by atoms with Gasteiger partial charge in [-0.3, -0.25) is 4.79 Å². The van der Waals surface area contributed by atoms with Crippen LogP contribution in [-0.4, -0.2) is 42.9 Å². The third-order valence-electron chi connectivity index (χ3n) is 2.47. The van der Waals surface area contributed by atoms with E-state index in [-0.39, 0.29) is 23.2 Å². The molecule has 1 aromatic heterocycles. The summed E-state index contributed by atoms with van der Waals surface area (Å²) in [5, 5.41) is 0.0749. The summed E-state index contributed by atoms with van der Waals surface area (Å²) in [6, 6.07) is 2.19. The van der Waals surface area contributed by atoms with Crippen molar-refractivity contribution in [3.8, 4) is 0 Å². The summed E-state index contributed by atoms with van der Waals surface area (Å²) in [6.07, 6.45) is 1.30. The summed E-state index contributed by atoms with van der Waals surface area (Å²) >= 11 is 5.70. The Morgan fingerprint density at radius 3 is 2.65 bits per heavy atom. The van der Waals surface area contributed by atoms with Gasteiger partial charge in [-0.25, -0.2) is 13.4 Å². The second kappa shape index (κ2) is 7.01.